The summed E-state index contributed by atoms with van der Waals surface area (Å²) in [6.07, 6.45) is 8.78. The molecule has 1 fully saturated rings. The Labute approximate surface area is 168 Å². The molecule has 144 valence electrons. The van der Waals surface area contributed by atoms with Gasteiger partial charge < -0.3 is 4.65 Å². The van der Waals surface area contributed by atoms with Crippen molar-refractivity contribution in [3.05, 3.63) is 33.8 Å². The molecule has 2 unspecified atom stereocenters. The summed E-state index contributed by atoms with van der Waals surface area (Å²) in [7, 11) is 1.50. The number of hydrogen-bond donors (Lipinski definition) is 0. The molecule has 0 saturated carbocycles. The third-order valence-corrected chi connectivity index (χ3v) is 6.15. The molecule has 1 aliphatic heterocycles. The van der Waals surface area contributed by atoms with Gasteiger partial charge in [-0.15, -0.1) is 0 Å². The second-order valence-corrected chi connectivity index (χ2v) is 8.12. The molecular weight excluding hydrogens is 368 g/mol. The van der Waals surface area contributed by atoms with Gasteiger partial charge in [0.25, 0.3) is 5.97 Å². The average Bonchev–Trinajstić information content (AvgIpc) is 2.65. The lowest BCUT2D eigenvalue weighted by Gasteiger charge is -2.36. The summed E-state index contributed by atoms with van der Waals surface area (Å²) in [5, 5.41) is 1.21. The Balaban J connectivity index is 1.96. The van der Waals surface area contributed by atoms with Crippen molar-refractivity contribution < 1.29 is 9.45 Å². The Morgan fingerprint density at radius 3 is 2.81 bits per heavy atom. The molecule has 2 rings (SSSR count). The maximum absolute atomic E-state index is 12.1. The van der Waals surface area contributed by atoms with Gasteiger partial charge in [-0.05, 0) is 56.3 Å². The van der Waals surface area contributed by atoms with Crippen molar-refractivity contribution in [3.8, 4) is 0 Å². The third-order valence-electron chi connectivity index (χ3n) is 5.41. The molecule has 1 aliphatic rings. The fourth-order valence-electron chi connectivity index (χ4n) is 3.86. The van der Waals surface area contributed by atoms with E-state index in [1.165, 1.54) is 32.9 Å². The second-order valence-electron chi connectivity index (χ2n) is 7.31. The quantitative estimate of drug-likeness (QED) is 0.547. The van der Waals surface area contributed by atoms with Crippen LogP contribution >= 0.6 is 23.2 Å². The molecule has 2 atom stereocenters. The first-order valence-corrected chi connectivity index (χ1v) is 10.6. The summed E-state index contributed by atoms with van der Waals surface area (Å²) in [4.78, 5) is 14.6. The van der Waals surface area contributed by atoms with Crippen LogP contribution in [0.3, 0.4) is 0 Å². The van der Waals surface area contributed by atoms with Crippen LogP contribution in [-0.2, 0) is 16.0 Å². The van der Waals surface area contributed by atoms with Crippen molar-refractivity contribution in [2.45, 2.75) is 70.9 Å². The molecular formula is C20H30BCl2NO2. The molecule has 1 aromatic carbocycles. The summed E-state index contributed by atoms with van der Waals surface area (Å²) in [6.45, 7) is 4.15. The molecule has 3 nitrogen and oxygen atoms in total. The first-order chi connectivity index (χ1) is 12.5. The van der Waals surface area contributed by atoms with Gasteiger partial charge in [0.2, 0.25) is 0 Å². The third kappa shape index (κ3) is 6.47. The minimum Gasteiger partial charge on any atom is -0.543 e. The number of unbranched alkanes of at least 4 members (excludes halogenated alkanes) is 1. The highest BCUT2D eigenvalue weighted by atomic mass is 35.5. The number of rotatable bonds is 9. The van der Waals surface area contributed by atoms with Crippen LogP contribution in [0.1, 0.15) is 63.9 Å². The second kappa shape index (κ2) is 11.2. The van der Waals surface area contributed by atoms with Crippen molar-refractivity contribution >= 4 is 37.2 Å². The van der Waals surface area contributed by atoms with Crippen LogP contribution in [-0.4, -0.2) is 31.5 Å². The lowest BCUT2D eigenvalue weighted by Crippen LogP contribution is -2.39. The van der Waals surface area contributed by atoms with Crippen molar-refractivity contribution in [1.29, 1.82) is 0 Å². The molecule has 26 heavy (non-hydrogen) atoms. The normalized spacial score (nSPS) is 19.3. The molecule has 1 saturated heterocycles. The van der Waals surface area contributed by atoms with Gasteiger partial charge in [-0.25, -0.2) is 0 Å². The fraction of sp³-hybridized carbons (Fsp3) is 0.650. The summed E-state index contributed by atoms with van der Waals surface area (Å²) < 4.78 is 5.02. The van der Waals surface area contributed by atoms with Gasteiger partial charge in [-0.3, -0.25) is 9.69 Å². The van der Waals surface area contributed by atoms with Gasteiger partial charge in [0.05, 0.1) is 16.0 Å². The molecule has 0 bridgehead atoms. The van der Waals surface area contributed by atoms with E-state index in [0.717, 1.165) is 45.2 Å². The monoisotopic (exact) mass is 397 g/mol. The topological polar surface area (TPSA) is 29.5 Å². The van der Waals surface area contributed by atoms with Crippen LogP contribution in [0.5, 0.6) is 0 Å². The predicted molar refractivity (Wildman–Crippen MR) is 111 cm³/mol. The van der Waals surface area contributed by atoms with E-state index in [-0.39, 0.29) is 11.9 Å². The zero-order valence-electron chi connectivity index (χ0n) is 16.0. The van der Waals surface area contributed by atoms with Gasteiger partial charge in [-0.2, -0.15) is 0 Å². The number of carbonyl (C=O) groups is 1. The first-order valence-electron chi connectivity index (χ1n) is 9.81. The number of piperidine rings is 1. The SMILES string of the molecule is BOC(=O)C(CCCC)CCC1CCCCN1Cc1ccc(Cl)c(Cl)c1. The Hall–Kier alpha value is -0.705. The van der Waals surface area contributed by atoms with Crippen LogP contribution in [0.25, 0.3) is 0 Å². The summed E-state index contributed by atoms with van der Waals surface area (Å²) in [6, 6.07) is 6.41. The Morgan fingerprint density at radius 2 is 2.12 bits per heavy atom. The number of hydrogen-bond acceptors (Lipinski definition) is 3. The number of likely N-dealkylation sites (tertiary alicyclic amines) is 1. The molecule has 0 aliphatic carbocycles. The van der Waals surface area contributed by atoms with E-state index >= 15 is 0 Å². The summed E-state index contributed by atoms with van der Waals surface area (Å²) in [5.74, 6) is -0.0148. The van der Waals surface area contributed by atoms with Gasteiger partial charge in [0.15, 0.2) is 0 Å². The average molecular weight is 398 g/mol. The van der Waals surface area contributed by atoms with E-state index in [1.807, 2.05) is 12.1 Å². The van der Waals surface area contributed by atoms with Crippen LogP contribution in [0.15, 0.2) is 18.2 Å². The summed E-state index contributed by atoms with van der Waals surface area (Å²) >= 11 is 12.2. The molecule has 1 heterocycles. The molecule has 6 heteroatoms. The molecule has 0 N–H and O–H groups in total. The molecule has 0 aromatic heterocycles. The number of carbonyl (C=O) groups excluding carboxylic acids is 1. The van der Waals surface area contributed by atoms with E-state index in [9.17, 15) is 4.79 Å². The fourth-order valence-corrected chi connectivity index (χ4v) is 4.18. The van der Waals surface area contributed by atoms with E-state index in [2.05, 4.69) is 17.9 Å². The Morgan fingerprint density at radius 1 is 1.31 bits per heavy atom. The maximum atomic E-state index is 12.1. The van der Waals surface area contributed by atoms with Crippen molar-refractivity contribution in [1.82, 2.24) is 4.90 Å². The highest BCUT2D eigenvalue weighted by Gasteiger charge is 2.25. The van der Waals surface area contributed by atoms with E-state index in [0.29, 0.717) is 16.1 Å². The Kier molecular flexibility index (Phi) is 9.31. The first kappa shape index (κ1) is 21.6. The van der Waals surface area contributed by atoms with Gasteiger partial charge >= 0.3 is 8.05 Å². The highest BCUT2D eigenvalue weighted by molar-refractivity contribution is 6.42. The smallest absolute Gasteiger partial charge is 0.325 e. The van der Waals surface area contributed by atoms with Crippen LogP contribution in [0.4, 0.5) is 0 Å². The van der Waals surface area contributed by atoms with E-state index in [1.54, 1.807) is 0 Å². The Bertz CT molecular complexity index is 585. The van der Waals surface area contributed by atoms with Crippen LogP contribution in [0, 0.1) is 5.92 Å². The lowest BCUT2D eigenvalue weighted by atomic mass is 9.90. The maximum Gasteiger partial charge on any atom is 0.325 e. The summed E-state index contributed by atoms with van der Waals surface area (Å²) in [5.41, 5.74) is 1.20. The minimum absolute atomic E-state index is 0.0358. The van der Waals surface area contributed by atoms with Gasteiger partial charge in [-0.1, -0.05) is 55.5 Å². The zero-order valence-corrected chi connectivity index (χ0v) is 17.5. The zero-order chi connectivity index (χ0) is 18.9. The van der Waals surface area contributed by atoms with Crippen molar-refractivity contribution in [2.75, 3.05) is 6.54 Å². The number of benzene rings is 1. The number of nitrogens with zero attached hydrogens (tertiary/aromatic N) is 1. The number of halogens is 2. The van der Waals surface area contributed by atoms with Gasteiger partial charge in [0.1, 0.15) is 0 Å². The predicted octanol–water partition coefficient (Wildman–Crippen LogP) is 5.03. The molecule has 0 spiro atoms. The van der Waals surface area contributed by atoms with Crippen LogP contribution < -0.4 is 0 Å². The van der Waals surface area contributed by atoms with Gasteiger partial charge in [0, 0.05) is 12.6 Å². The standard InChI is InChI=1S/C20H30BCl2NO2/c1-2-3-6-16(20(25)26-21)9-10-17-7-4-5-12-24(17)14-15-8-11-18(22)19(23)13-15/h8,11,13,16-17H,2-7,9-10,12,14,21H2,1H3. The van der Waals surface area contributed by atoms with E-state index < -0.39 is 0 Å². The van der Waals surface area contributed by atoms with Crippen LogP contribution in [0.2, 0.25) is 10.0 Å². The molecule has 0 amide bonds. The minimum atomic E-state index is -0.0507. The van der Waals surface area contributed by atoms with E-state index in [4.69, 9.17) is 27.9 Å². The lowest BCUT2D eigenvalue weighted by molar-refractivity contribution is -0.139. The van der Waals surface area contributed by atoms with Crippen molar-refractivity contribution in [3.63, 3.8) is 0 Å². The molecule has 0 radical (unpaired) electrons. The molecule has 1 aromatic rings. The van der Waals surface area contributed by atoms with Crippen molar-refractivity contribution in [2.24, 2.45) is 5.92 Å². The highest BCUT2D eigenvalue weighted by Crippen LogP contribution is 2.28. The largest absolute Gasteiger partial charge is 0.543 e.